The molecule has 3 fully saturated rings. The van der Waals surface area contributed by atoms with Gasteiger partial charge in [-0.3, -0.25) is 4.79 Å². The third-order valence-corrected chi connectivity index (χ3v) is 5.68. The molecule has 0 aliphatic carbocycles. The van der Waals surface area contributed by atoms with Gasteiger partial charge in [-0.1, -0.05) is 12.1 Å². The van der Waals surface area contributed by atoms with E-state index in [1.807, 2.05) is 4.90 Å². The normalized spacial score (nSPS) is 21.7. The van der Waals surface area contributed by atoms with Gasteiger partial charge in [0.25, 0.3) is 9.05 Å². The molecule has 1 aromatic rings. The molecule has 1 aromatic carbocycles. The first kappa shape index (κ1) is 12.9. The molecule has 0 unspecified atom stereocenters. The van der Waals surface area contributed by atoms with Crippen LogP contribution < -0.4 is 0 Å². The number of piperidine rings is 3. The molecule has 0 N–H and O–H groups in total. The summed E-state index contributed by atoms with van der Waals surface area (Å²) in [6.45, 7) is 1.60. The number of hydrogen-bond donors (Lipinski definition) is 0. The summed E-state index contributed by atoms with van der Waals surface area (Å²) >= 11 is 0. The van der Waals surface area contributed by atoms with Gasteiger partial charge in [0.1, 0.15) is 0 Å². The number of benzene rings is 1. The van der Waals surface area contributed by atoms with Crippen LogP contribution in [0.2, 0.25) is 0 Å². The number of carbonyl (C=O) groups excluding carboxylic acids is 1. The van der Waals surface area contributed by atoms with Gasteiger partial charge < -0.3 is 4.90 Å². The second-order valence-corrected chi connectivity index (χ2v) is 7.87. The summed E-state index contributed by atoms with van der Waals surface area (Å²) in [5.74, 6) is 0.201. The molecule has 6 heteroatoms. The molecular weight excluding hydrogens is 286 g/mol. The molecule has 1 amide bonds. The first-order chi connectivity index (χ1) is 8.91. The molecule has 2 bridgehead atoms. The van der Waals surface area contributed by atoms with Crippen LogP contribution in [0, 0.1) is 0 Å². The summed E-state index contributed by atoms with van der Waals surface area (Å²) in [7, 11) is 1.63. The minimum atomic E-state index is -3.68. The fourth-order valence-electron chi connectivity index (χ4n) is 3.12. The van der Waals surface area contributed by atoms with Gasteiger partial charge in [0.05, 0.1) is 4.90 Å². The molecular formula is C13H14ClNO3S. The maximum Gasteiger partial charge on any atom is 0.261 e. The Hall–Kier alpha value is -1.07. The van der Waals surface area contributed by atoms with Gasteiger partial charge in [0.15, 0.2) is 0 Å². The lowest BCUT2D eigenvalue weighted by atomic mass is 9.67. The van der Waals surface area contributed by atoms with Crippen LogP contribution >= 0.6 is 10.7 Å². The Balaban J connectivity index is 1.96. The smallest absolute Gasteiger partial charge is 0.261 e. The van der Waals surface area contributed by atoms with E-state index in [0.717, 1.165) is 31.5 Å². The monoisotopic (exact) mass is 299 g/mol. The summed E-state index contributed by atoms with van der Waals surface area (Å²) in [4.78, 5) is 13.9. The van der Waals surface area contributed by atoms with E-state index in [1.54, 1.807) is 12.1 Å². The van der Waals surface area contributed by atoms with Gasteiger partial charge in [0, 0.05) is 35.6 Å². The van der Waals surface area contributed by atoms with Crippen LogP contribution in [0.3, 0.4) is 0 Å². The minimum absolute atomic E-state index is 0.105. The number of carbonyl (C=O) groups is 1. The quantitative estimate of drug-likeness (QED) is 0.784. The van der Waals surface area contributed by atoms with E-state index in [2.05, 4.69) is 0 Å². The lowest BCUT2D eigenvalue weighted by Gasteiger charge is -2.48. The molecule has 3 saturated heterocycles. The molecule has 4 rings (SSSR count). The highest BCUT2D eigenvalue weighted by molar-refractivity contribution is 8.13. The summed E-state index contributed by atoms with van der Waals surface area (Å²) in [6.07, 6.45) is 2.43. The highest BCUT2D eigenvalue weighted by Gasteiger charge is 2.44. The first-order valence-electron chi connectivity index (χ1n) is 6.24. The van der Waals surface area contributed by atoms with Crippen LogP contribution in [-0.2, 0) is 19.3 Å². The topological polar surface area (TPSA) is 54.5 Å². The Kier molecular flexibility index (Phi) is 2.87. The molecule has 3 heterocycles. The molecule has 0 aromatic heterocycles. The zero-order valence-corrected chi connectivity index (χ0v) is 11.9. The summed E-state index contributed by atoms with van der Waals surface area (Å²) in [6, 6.07) is 6.64. The van der Waals surface area contributed by atoms with Gasteiger partial charge in [-0.25, -0.2) is 8.42 Å². The van der Waals surface area contributed by atoms with Crippen molar-refractivity contribution in [3.8, 4) is 0 Å². The number of fused-ring (bicyclic) bond motifs is 3. The van der Waals surface area contributed by atoms with Crippen molar-refractivity contribution in [3.63, 3.8) is 0 Å². The Bertz CT molecular complexity index is 616. The zero-order valence-electron chi connectivity index (χ0n) is 10.3. The van der Waals surface area contributed by atoms with Crippen LogP contribution in [0.4, 0.5) is 0 Å². The molecule has 0 saturated carbocycles. The number of halogens is 1. The Labute approximate surface area is 116 Å². The number of hydrogen-bond acceptors (Lipinski definition) is 3. The fourth-order valence-corrected chi connectivity index (χ4v) is 3.89. The highest BCUT2D eigenvalue weighted by atomic mass is 35.7. The van der Waals surface area contributed by atoms with Crippen molar-refractivity contribution >= 4 is 25.6 Å². The summed E-state index contributed by atoms with van der Waals surface area (Å²) in [5, 5.41) is 0. The Morgan fingerprint density at radius 1 is 1.11 bits per heavy atom. The largest absolute Gasteiger partial charge is 0.343 e. The molecule has 3 aliphatic heterocycles. The van der Waals surface area contributed by atoms with Crippen molar-refractivity contribution in [1.82, 2.24) is 4.90 Å². The standard InChI is InChI=1S/C13H14ClNO3S/c14-19(17,18)11-3-1-10(2-4-11)13-5-7-15(8-6-13)12(16)9-13/h1-4H,5-9H2. The third kappa shape index (κ3) is 2.15. The number of amides is 1. The van der Waals surface area contributed by atoms with Crippen molar-refractivity contribution in [2.24, 2.45) is 0 Å². The molecule has 3 aliphatic rings. The molecule has 4 nitrogen and oxygen atoms in total. The second-order valence-electron chi connectivity index (χ2n) is 5.30. The van der Waals surface area contributed by atoms with Crippen molar-refractivity contribution in [2.45, 2.75) is 29.6 Å². The Morgan fingerprint density at radius 2 is 1.68 bits per heavy atom. The second kappa shape index (κ2) is 4.21. The van der Waals surface area contributed by atoms with E-state index >= 15 is 0 Å². The van der Waals surface area contributed by atoms with Gasteiger partial charge in [0.2, 0.25) is 5.91 Å². The maximum atomic E-state index is 11.9. The van der Waals surface area contributed by atoms with Crippen molar-refractivity contribution in [3.05, 3.63) is 29.8 Å². The SMILES string of the molecule is O=C1CC2(c3ccc(S(=O)(=O)Cl)cc3)CCN1CC2. The van der Waals surface area contributed by atoms with Crippen LogP contribution in [-0.4, -0.2) is 32.3 Å². The average molecular weight is 300 g/mol. The maximum absolute atomic E-state index is 11.9. The molecule has 0 radical (unpaired) electrons. The fraction of sp³-hybridized carbons (Fsp3) is 0.462. The summed E-state index contributed by atoms with van der Waals surface area (Å²) < 4.78 is 22.5. The van der Waals surface area contributed by atoms with Crippen molar-refractivity contribution in [1.29, 1.82) is 0 Å². The van der Waals surface area contributed by atoms with Crippen LogP contribution in [0.5, 0.6) is 0 Å². The molecule has 102 valence electrons. The number of nitrogens with zero attached hydrogens (tertiary/aromatic N) is 1. The van der Waals surface area contributed by atoms with Crippen LogP contribution in [0.25, 0.3) is 0 Å². The van der Waals surface area contributed by atoms with Gasteiger partial charge in [-0.05, 0) is 30.5 Å². The van der Waals surface area contributed by atoms with E-state index in [4.69, 9.17) is 10.7 Å². The van der Waals surface area contributed by atoms with Gasteiger partial charge >= 0.3 is 0 Å². The third-order valence-electron chi connectivity index (χ3n) is 4.31. The first-order valence-corrected chi connectivity index (χ1v) is 8.55. The molecule has 0 atom stereocenters. The lowest BCUT2D eigenvalue weighted by Crippen LogP contribution is -2.53. The minimum Gasteiger partial charge on any atom is -0.343 e. The molecule has 0 spiro atoms. The van der Waals surface area contributed by atoms with E-state index in [-0.39, 0.29) is 16.2 Å². The predicted molar refractivity (Wildman–Crippen MR) is 71.6 cm³/mol. The predicted octanol–water partition coefficient (Wildman–Crippen LogP) is 1.88. The Morgan fingerprint density at radius 3 is 2.16 bits per heavy atom. The van der Waals surface area contributed by atoms with Gasteiger partial charge in [-0.15, -0.1) is 0 Å². The van der Waals surface area contributed by atoms with E-state index < -0.39 is 9.05 Å². The average Bonchev–Trinajstić information content (AvgIpc) is 2.39. The lowest BCUT2D eigenvalue weighted by molar-refractivity contribution is -0.140. The van der Waals surface area contributed by atoms with E-state index in [1.165, 1.54) is 12.1 Å². The summed E-state index contributed by atoms with van der Waals surface area (Å²) in [5.41, 5.74) is 0.935. The van der Waals surface area contributed by atoms with E-state index in [9.17, 15) is 13.2 Å². The highest BCUT2D eigenvalue weighted by Crippen LogP contribution is 2.43. The van der Waals surface area contributed by atoms with Crippen LogP contribution in [0.1, 0.15) is 24.8 Å². The molecule has 19 heavy (non-hydrogen) atoms. The zero-order chi connectivity index (χ0) is 13.7. The van der Waals surface area contributed by atoms with Gasteiger partial charge in [-0.2, -0.15) is 0 Å². The number of rotatable bonds is 2. The van der Waals surface area contributed by atoms with Crippen molar-refractivity contribution < 1.29 is 13.2 Å². The van der Waals surface area contributed by atoms with E-state index in [0.29, 0.717) is 6.42 Å². The van der Waals surface area contributed by atoms with Crippen LogP contribution in [0.15, 0.2) is 29.2 Å². The van der Waals surface area contributed by atoms with Crippen molar-refractivity contribution in [2.75, 3.05) is 13.1 Å².